The van der Waals surface area contributed by atoms with Gasteiger partial charge in [-0.2, -0.15) is 0 Å². The quantitative estimate of drug-likeness (QED) is 0.621. The number of carbonyl (C=O) groups excluding carboxylic acids is 1. The van der Waals surface area contributed by atoms with Crippen LogP contribution in [0.4, 0.5) is 0 Å². The van der Waals surface area contributed by atoms with Gasteiger partial charge in [0.15, 0.2) is 0 Å². The van der Waals surface area contributed by atoms with Crippen molar-refractivity contribution in [1.82, 2.24) is 5.32 Å². The summed E-state index contributed by atoms with van der Waals surface area (Å²) in [6.45, 7) is 0.709. The number of benzene rings is 1. The van der Waals surface area contributed by atoms with Crippen LogP contribution in [0.2, 0.25) is 0 Å². The Balaban J connectivity index is 2.40. The first-order valence-corrected chi connectivity index (χ1v) is 5.37. The third-order valence-corrected chi connectivity index (χ3v) is 2.27. The van der Waals surface area contributed by atoms with Crippen LogP contribution < -0.4 is 5.32 Å². The van der Waals surface area contributed by atoms with E-state index in [4.69, 9.17) is 10.2 Å². The molecule has 3 N–H and O–H groups in total. The first-order chi connectivity index (χ1) is 7.77. The molecule has 1 amide bonds. The van der Waals surface area contributed by atoms with Gasteiger partial charge in [0, 0.05) is 18.7 Å². The molecule has 16 heavy (non-hydrogen) atoms. The highest BCUT2D eigenvalue weighted by molar-refractivity contribution is 5.94. The summed E-state index contributed by atoms with van der Waals surface area (Å²) in [6, 6.07) is 6.82. The molecule has 0 saturated carbocycles. The second-order valence-corrected chi connectivity index (χ2v) is 3.54. The number of unbranched alkanes of at least 4 members (excludes halogenated alkanes) is 1. The smallest absolute Gasteiger partial charge is 0.251 e. The average molecular weight is 223 g/mol. The van der Waals surface area contributed by atoms with Crippen molar-refractivity contribution in [2.45, 2.75) is 19.4 Å². The molecule has 0 aliphatic rings. The first kappa shape index (κ1) is 12.7. The van der Waals surface area contributed by atoms with Crippen LogP contribution in [-0.4, -0.2) is 29.3 Å². The van der Waals surface area contributed by atoms with Crippen LogP contribution >= 0.6 is 0 Å². The van der Waals surface area contributed by atoms with Gasteiger partial charge in [0.05, 0.1) is 6.61 Å². The summed E-state index contributed by atoms with van der Waals surface area (Å²) in [4.78, 5) is 11.6. The Kier molecular flexibility index (Phi) is 5.53. The van der Waals surface area contributed by atoms with Gasteiger partial charge in [-0.25, -0.2) is 0 Å². The zero-order valence-electron chi connectivity index (χ0n) is 9.15. The van der Waals surface area contributed by atoms with E-state index in [9.17, 15) is 4.79 Å². The Morgan fingerprint density at radius 2 is 1.81 bits per heavy atom. The molecule has 1 rings (SSSR count). The summed E-state index contributed by atoms with van der Waals surface area (Å²) in [6.07, 6.45) is 1.47. The number of carbonyl (C=O) groups is 1. The van der Waals surface area contributed by atoms with Crippen LogP contribution in [0.5, 0.6) is 0 Å². The Hall–Kier alpha value is -1.39. The van der Waals surface area contributed by atoms with Crippen LogP contribution in [0, 0.1) is 0 Å². The molecule has 0 radical (unpaired) electrons. The lowest BCUT2D eigenvalue weighted by Crippen LogP contribution is -2.24. The molecule has 1 aromatic carbocycles. The zero-order chi connectivity index (χ0) is 11.8. The molecule has 1 aromatic rings. The van der Waals surface area contributed by atoms with E-state index in [-0.39, 0.29) is 19.1 Å². The van der Waals surface area contributed by atoms with E-state index in [1.807, 2.05) is 0 Å². The van der Waals surface area contributed by atoms with Gasteiger partial charge in [-0.15, -0.1) is 0 Å². The van der Waals surface area contributed by atoms with Crippen molar-refractivity contribution in [3.63, 3.8) is 0 Å². The minimum Gasteiger partial charge on any atom is -0.396 e. The summed E-state index contributed by atoms with van der Waals surface area (Å²) < 4.78 is 0. The monoisotopic (exact) mass is 223 g/mol. The van der Waals surface area contributed by atoms with Crippen LogP contribution in [0.15, 0.2) is 24.3 Å². The SMILES string of the molecule is O=C(NCCCCO)c1ccc(CO)cc1. The molecule has 0 unspecified atom stereocenters. The summed E-state index contributed by atoms with van der Waals surface area (Å²) in [5.74, 6) is -0.123. The van der Waals surface area contributed by atoms with E-state index in [1.54, 1.807) is 24.3 Å². The lowest BCUT2D eigenvalue weighted by molar-refractivity contribution is 0.0952. The Bertz CT molecular complexity index is 322. The van der Waals surface area contributed by atoms with Gasteiger partial charge in [-0.05, 0) is 30.5 Å². The van der Waals surface area contributed by atoms with Gasteiger partial charge in [-0.1, -0.05) is 12.1 Å². The molecule has 0 atom stereocenters. The van der Waals surface area contributed by atoms with Gasteiger partial charge >= 0.3 is 0 Å². The van der Waals surface area contributed by atoms with Gasteiger partial charge in [0.1, 0.15) is 0 Å². The van der Waals surface area contributed by atoms with E-state index in [1.165, 1.54) is 0 Å². The van der Waals surface area contributed by atoms with Crippen molar-refractivity contribution < 1.29 is 15.0 Å². The molecule has 0 heterocycles. The van der Waals surface area contributed by atoms with E-state index in [0.29, 0.717) is 18.5 Å². The maximum absolute atomic E-state index is 11.6. The fraction of sp³-hybridized carbons (Fsp3) is 0.417. The molecule has 0 fully saturated rings. The van der Waals surface area contributed by atoms with Crippen LogP contribution in [0.1, 0.15) is 28.8 Å². The molecule has 0 spiro atoms. The standard InChI is InChI=1S/C12H17NO3/c14-8-2-1-7-13-12(16)11-5-3-10(9-15)4-6-11/h3-6,14-15H,1-2,7-9H2,(H,13,16). The summed E-state index contributed by atoms with van der Waals surface area (Å²) in [7, 11) is 0. The number of nitrogens with one attached hydrogen (secondary N) is 1. The Labute approximate surface area is 94.9 Å². The second kappa shape index (κ2) is 6.98. The topological polar surface area (TPSA) is 69.6 Å². The first-order valence-electron chi connectivity index (χ1n) is 5.37. The third-order valence-electron chi connectivity index (χ3n) is 2.27. The number of hydrogen-bond donors (Lipinski definition) is 3. The average Bonchev–Trinajstić information content (AvgIpc) is 2.34. The normalized spacial score (nSPS) is 10.1. The van der Waals surface area contributed by atoms with Gasteiger partial charge in [-0.3, -0.25) is 4.79 Å². The van der Waals surface area contributed by atoms with Crippen LogP contribution in [0.25, 0.3) is 0 Å². The van der Waals surface area contributed by atoms with Crippen molar-refractivity contribution in [2.75, 3.05) is 13.2 Å². The lowest BCUT2D eigenvalue weighted by atomic mass is 10.1. The van der Waals surface area contributed by atoms with Crippen molar-refractivity contribution >= 4 is 5.91 Å². The highest BCUT2D eigenvalue weighted by atomic mass is 16.3. The second-order valence-electron chi connectivity index (χ2n) is 3.54. The number of aliphatic hydroxyl groups is 2. The van der Waals surface area contributed by atoms with Gasteiger partial charge in [0.2, 0.25) is 0 Å². The summed E-state index contributed by atoms with van der Waals surface area (Å²) >= 11 is 0. The number of aliphatic hydroxyl groups excluding tert-OH is 2. The Morgan fingerprint density at radius 1 is 1.12 bits per heavy atom. The van der Waals surface area contributed by atoms with Crippen molar-refractivity contribution in [2.24, 2.45) is 0 Å². The van der Waals surface area contributed by atoms with E-state index in [2.05, 4.69) is 5.32 Å². The molecule has 0 aliphatic carbocycles. The van der Waals surface area contributed by atoms with Gasteiger partial charge in [0.25, 0.3) is 5.91 Å². The molecule has 0 aromatic heterocycles. The maximum Gasteiger partial charge on any atom is 0.251 e. The fourth-order valence-corrected chi connectivity index (χ4v) is 1.30. The highest BCUT2D eigenvalue weighted by Crippen LogP contribution is 2.04. The predicted octanol–water partition coefficient (Wildman–Crippen LogP) is 0.681. The number of hydrogen-bond acceptors (Lipinski definition) is 3. The van der Waals surface area contributed by atoms with Gasteiger partial charge < -0.3 is 15.5 Å². The van der Waals surface area contributed by atoms with E-state index >= 15 is 0 Å². The van der Waals surface area contributed by atoms with Crippen molar-refractivity contribution in [3.8, 4) is 0 Å². The van der Waals surface area contributed by atoms with Crippen molar-refractivity contribution in [3.05, 3.63) is 35.4 Å². The highest BCUT2D eigenvalue weighted by Gasteiger charge is 2.03. The molecule has 0 bridgehead atoms. The number of rotatable bonds is 6. The fourth-order valence-electron chi connectivity index (χ4n) is 1.30. The number of amides is 1. The molecule has 4 heteroatoms. The zero-order valence-corrected chi connectivity index (χ0v) is 9.15. The molecular weight excluding hydrogens is 206 g/mol. The molecule has 0 saturated heterocycles. The van der Waals surface area contributed by atoms with Crippen LogP contribution in [0.3, 0.4) is 0 Å². The molecule has 0 aliphatic heterocycles. The molecule has 4 nitrogen and oxygen atoms in total. The van der Waals surface area contributed by atoms with Crippen molar-refractivity contribution in [1.29, 1.82) is 0 Å². The minimum atomic E-state index is -0.123. The van der Waals surface area contributed by atoms with E-state index in [0.717, 1.165) is 12.0 Å². The predicted molar refractivity (Wildman–Crippen MR) is 61.0 cm³/mol. The minimum absolute atomic E-state index is 0.0155. The molecular formula is C12H17NO3. The lowest BCUT2D eigenvalue weighted by Gasteiger charge is -2.05. The summed E-state index contributed by atoms with van der Waals surface area (Å²) in [5, 5.41) is 20.2. The molecule has 88 valence electrons. The third kappa shape index (κ3) is 4.00. The maximum atomic E-state index is 11.6. The van der Waals surface area contributed by atoms with Crippen LogP contribution in [-0.2, 0) is 6.61 Å². The Morgan fingerprint density at radius 3 is 2.38 bits per heavy atom. The largest absolute Gasteiger partial charge is 0.396 e. The van der Waals surface area contributed by atoms with E-state index < -0.39 is 0 Å². The summed E-state index contributed by atoms with van der Waals surface area (Å²) in [5.41, 5.74) is 1.37.